The number of rotatable bonds is 0. The minimum Gasteiger partial charge on any atom is -0.400 e. The van der Waals surface area contributed by atoms with Crippen LogP contribution in [-0.4, -0.2) is 16.8 Å². The summed E-state index contributed by atoms with van der Waals surface area (Å²) in [6.45, 7) is 11.2. The molecule has 0 fully saturated rings. The van der Waals surface area contributed by atoms with E-state index >= 15 is 0 Å². The van der Waals surface area contributed by atoms with Crippen molar-refractivity contribution in [2.24, 2.45) is 0 Å². The first-order chi connectivity index (χ1) is 4.41. The normalized spacial score (nSPS) is 2.90. The Morgan fingerprint density at radius 3 is 1.20 bits per heavy atom. The third-order valence-electron chi connectivity index (χ3n) is 0. The summed E-state index contributed by atoms with van der Waals surface area (Å²) < 4.78 is 6.69. The van der Waals surface area contributed by atoms with Crippen molar-refractivity contribution in [1.29, 1.82) is 0 Å². The standard InChI is InChI=1S/C3H6.C2H4.CH4O.H3N.H2OS/c1-3-2;2*1-2;;1-2/h3H,1H2,2H3;1-2H2;2H,1H3;1H3;1-2H. The van der Waals surface area contributed by atoms with Crippen molar-refractivity contribution in [2.75, 3.05) is 7.11 Å². The number of aliphatic hydroxyl groups excluding tert-OH is 1. The summed E-state index contributed by atoms with van der Waals surface area (Å²) in [6, 6.07) is 0. The Morgan fingerprint density at radius 2 is 1.20 bits per heavy atom. The van der Waals surface area contributed by atoms with Crippen molar-refractivity contribution in [1.82, 2.24) is 6.15 Å². The van der Waals surface area contributed by atoms with Crippen LogP contribution in [0.1, 0.15) is 6.92 Å². The molecule has 0 aromatic rings. The molecule has 0 saturated heterocycles. The second-order valence-corrected chi connectivity index (χ2v) is 0.408. The molecule has 66 valence electrons. The van der Waals surface area contributed by atoms with Gasteiger partial charge in [-0.25, -0.2) is 0 Å². The fraction of sp³-hybridized carbons (Fsp3) is 0.333. The van der Waals surface area contributed by atoms with Gasteiger partial charge in [0, 0.05) is 7.11 Å². The van der Waals surface area contributed by atoms with Gasteiger partial charge in [-0.15, -0.1) is 19.7 Å². The van der Waals surface area contributed by atoms with E-state index in [0.717, 1.165) is 7.11 Å². The number of aliphatic hydroxyl groups is 1. The Hall–Kier alpha value is -0.290. The summed E-state index contributed by atoms with van der Waals surface area (Å²) in [4.78, 5) is 0. The van der Waals surface area contributed by atoms with E-state index < -0.39 is 0 Å². The summed E-state index contributed by atoms with van der Waals surface area (Å²) in [5.74, 6) is 0. The first-order valence-corrected chi connectivity index (χ1v) is 2.53. The van der Waals surface area contributed by atoms with Crippen molar-refractivity contribution in [3.8, 4) is 0 Å². The Kier molecular flexibility index (Phi) is 3410. The second-order valence-electron chi connectivity index (χ2n) is 0.408. The smallest absolute Gasteiger partial charge is 0.0319 e. The molecule has 0 rings (SSSR count). The maximum absolute atomic E-state index is 7.00. The van der Waals surface area contributed by atoms with Gasteiger partial charge >= 0.3 is 0 Å². The SMILES string of the molecule is C=C.C=CC.CO.N.OS. The summed E-state index contributed by atoms with van der Waals surface area (Å²) in [7, 11) is 1.00. The summed E-state index contributed by atoms with van der Waals surface area (Å²) in [5, 5.41) is 7.00. The average Bonchev–Trinajstić information content (AvgIpc) is 2.01. The lowest BCUT2D eigenvalue weighted by atomic mass is 10.8. The number of hydrogen-bond acceptors (Lipinski definition) is 4. The molecule has 0 aromatic carbocycles. The topological polar surface area (TPSA) is 75.5 Å². The average molecular weight is 169 g/mol. The molecule has 0 bridgehead atoms. The minimum absolute atomic E-state index is 0. The largest absolute Gasteiger partial charge is 0.400 e. The highest BCUT2D eigenvalue weighted by Crippen LogP contribution is 1.38. The molecular formula is C6H19NO2S. The monoisotopic (exact) mass is 169 g/mol. The Balaban J connectivity index is -0.0000000110. The van der Waals surface area contributed by atoms with Crippen molar-refractivity contribution in [2.45, 2.75) is 6.92 Å². The molecule has 0 saturated carbocycles. The van der Waals surface area contributed by atoms with E-state index in [1.54, 1.807) is 6.08 Å². The highest BCUT2D eigenvalue weighted by molar-refractivity contribution is 7.74. The van der Waals surface area contributed by atoms with Crippen LogP contribution >= 0.6 is 12.9 Å². The van der Waals surface area contributed by atoms with Gasteiger partial charge in [-0.2, -0.15) is 0 Å². The van der Waals surface area contributed by atoms with E-state index in [0.29, 0.717) is 0 Å². The maximum atomic E-state index is 7.00. The van der Waals surface area contributed by atoms with Crippen LogP contribution in [0.15, 0.2) is 25.8 Å². The van der Waals surface area contributed by atoms with Gasteiger partial charge in [0.25, 0.3) is 0 Å². The fourth-order valence-corrected chi connectivity index (χ4v) is 0. The first kappa shape index (κ1) is 33.2. The molecule has 0 radical (unpaired) electrons. The van der Waals surface area contributed by atoms with Crippen molar-refractivity contribution in [3.63, 3.8) is 0 Å². The van der Waals surface area contributed by atoms with Crippen LogP contribution in [0.5, 0.6) is 0 Å². The fourth-order valence-electron chi connectivity index (χ4n) is 0. The number of allylic oxidation sites excluding steroid dienone is 1. The van der Waals surface area contributed by atoms with Gasteiger partial charge in [-0.05, 0) is 19.8 Å². The third-order valence-corrected chi connectivity index (χ3v) is 0. The molecule has 0 aliphatic rings. The highest BCUT2D eigenvalue weighted by Gasteiger charge is 1.15. The second kappa shape index (κ2) is 1030. The molecule has 0 aliphatic carbocycles. The van der Waals surface area contributed by atoms with Crippen LogP contribution in [0.3, 0.4) is 0 Å². The van der Waals surface area contributed by atoms with Crippen LogP contribution in [0.4, 0.5) is 0 Å². The van der Waals surface area contributed by atoms with Gasteiger partial charge in [-0.3, -0.25) is 0 Å². The zero-order chi connectivity index (χ0) is 8.71. The van der Waals surface area contributed by atoms with Crippen LogP contribution in [-0.2, 0) is 0 Å². The first-order valence-electron chi connectivity index (χ1n) is 2.13. The molecule has 0 unspecified atom stereocenters. The van der Waals surface area contributed by atoms with Gasteiger partial charge < -0.3 is 15.8 Å². The molecule has 3 nitrogen and oxygen atoms in total. The quantitative estimate of drug-likeness (QED) is 0.255. The van der Waals surface area contributed by atoms with Gasteiger partial charge in [0.1, 0.15) is 0 Å². The van der Waals surface area contributed by atoms with E-state index in [1.807, 2.05) is 6.92 Å². The number of hydrogen-bond donors (Lipinski definition) is 4. The molecule has 10 heavy (non-hydrogen) atoms. The van der Waals surface area contributed by atoms with Gasteiger partial charge in [0.05, 0.1) is 0 Å². The van der Waals surface area contributed by atoms with E-state index in [-0.39, 0.29) is 6.15 Å². The molecule has 0 heterocycles. The van der Waals surface area contributed by atoms with Crippen molar-refractivity contribution in [3.05, 3.63) is 25.8 Å². The van der Waals surface area contributed by atoms with Gasteiger partial charge in [0.2, 0.25) is 0 Å². The predicted molar refractivity (Wildman–Crippen MR) is 51.9 cm³/mol. The molecular weight excluding hydrogens is 150 g/mol. The van der Waals surface area contributed by atoms with Crippen molar-refractivity contribution >= 4 is 12.9 Å². The molecule has 0 aliphatic heterocycles. The van der Waals surface area contributed by atoms with E-state index in [2.05, 4.69) is 32.6 Å². The van der Waals surface area contributed by atoms with Crippen LogP contribution < -0.4 is 6.15 Å². The minimum atomic E-state index is 0. The van der Waals surface area contributed by atoms with E-state index in [9.17, 15) is 0 Å². The predicted octanol–water partition coefficient (Wildman–Crippen LogP) is 2.15. The zero-order valence-electron chi connectivity index (χ0n) is 6.75. The lowest BCUT2D eigenvalue weighted by Gasteiger charge is -1.31. The molecule has 5 N–H and O–H groups in total. The van der Waals surface area contributed by atoms with Gasteiger partial charge in [0.15, 0.2) is 0 Å². The third kappa shape index (κ3) is 4130. The lowest BCUT2D eigenvalue weighted by molar-refractivity contribution is 0.399. The van der Waals surface area contributed by atoms with Gasteiger partial charge in [-0.1, -0.05) is 6.08 Å². The van der Waals surface area contributed by atoms with Crippen LogP contribution in [0.25, 0.3) is 0 Å². The molecule has 0 spiro atoms. The lowest BCUT2D eigenvalue weighted by Crippen LogP contribution is -1.25. The highest BCUT2D eigenvalue weighted by atomic mass is 32.1. The molecule has 0 aromatic heterocycles. The van der Waals surface area contributed by atoms with Crippen LogP contribution in [0.2, 0.25) is 0 Å². The maximum Gasteiger partial charge on any atom is 0.0319 e. The Labute approximate surface area is 69.3 Å². The van der Waals surface area contributed by atoms with Crippen molar-refractivity contribution < 1.29 is 9.66 Å². The van der Waals surface area contributed by atoms with E-state index in [4.69, 9.17) is 9.66 Å². The summed E-state index contributed by atoms with van der Waals surface area (Å²) >= 11 is 2.53. The molecule has 4 heteroatoms. The molecule has 0 amide bonds. The van der Waals surface area contributed by atoms with Crippen LogP contribution in [0, 0.1) is 0 Å². The Bertz CT molecular complexity index is 29.7. The summed E-state index contributed by atoms with van der Waals surface area (Å²) in [5.41, 5.74) is 0. The summed E-state index contributed by atoms with van der Waals surface area (Å²) in [6.07, 6.45) is 1.75. The Morgan fingerprint density at radius 1 is 1.20 bits per heavy atom. The van der Waals surface area contributed by atoms with E-state index in [1.165, 1.54) is 0 Å². The zero-order valence-corrected chi connectivity index (χ0v) is 7.64. The number of thiol groups is 1. The molecule has 0 atom stereocenters.